The molecule has 0 aromatic rings. The molecule has 3 saturated carbocycles. The summed E-state index contributed by atoms with van der Waals surface area (Å²) >= 11 is 0. The van der Waals surface area contributed by atoms with Gasteiger partial charge in [-0.05, 0) is 86.4 Å². The lowest BCUT2D eigenvalue weighted by Gasteiger charge is -2.51. The van der Waals surface area contributed by atoms with Crippen molar-refractivity contribution in [3.8, 4) is 0 Å². The summed E-state index contributed by atoms with van der Waals surface area (Å²) in [7, 11) is 0. The van der Waals surface area contributed by atoms with Gasteiger partial charge in [-0.2, -0.15) is 0 Å². The van der Waals surface area contributed by atoms with E-state index in [2.05, 4.69) is 20.8 Å². The standard InChI is InChI=1S/C23H43N.CH4/c1-4-5-9-18-11-14-22-21-13-12-19(24)10-7-6-8-17(2)20(21)15-16-23(18,22)3;/h17-22H,4-16,24H2,1-3H3;1H4. The fraction of sp³-hybridized carbons (Fsp3) is 1.00. The first-order valence-electron chi connectivity index (χ1n) is 11.3. The van der Waals surface area contributed by atoms with Gasteiger partial charge >= 0.3 is 0 Å². The molecule has 1 heteroatoms. The predicted octanol–water partition coefficient (Wildman–Crippen LogP) is 7.19. The Morgan fingerprint density at radius 1 is 0.920 bits per heavy atom. The van der Waals surface area contributed by atoms with E-state index >= 15 is 0 Å². The molecule has 2 N–H and O–H groups in total. The van der Waals surface area contributed by atoms with Crippen molar-refractivity contribution in [3.63, 3.8) is 0 Å². The third-order valence-electron chi connectivity index (χ3n) is 8.68. The van der Waals surface area contributed by atoms with E-state index < -0.39 is 0 Å². The molecular weight excluding hydrogens is 302 g/mol. The van der Waals surface area contributed by atoms with Gasteiger partial charge in [0, 0.05) is 6.04 Å². The molecule has 7 unspecified atom stereocenters. The highest BCUT2D eigenvalue weighted by Gasteiger charge is 2.53. The van der Waals surface area contributed by atoms with Crippen molar-refractivity contribution >= 4 is 0 Å². The van der Waals surface area contributed by atoms with Crippen molar-refractivity contribution in [1.29, 1.82) is 0 Å². The minimum absolute atomic E-state index is 0. The van der Waals surface area contributed by atoms with Crippen LogP contribution in [0.5, 0.6) is 0 Å². The van der Waals surface area contributed by atoms with Gasteiger partial charge < -0.3 is 5.73 Å². The second-order valence-electron chi connectivity index (χ2n) is 9.99. The average molecular weight is 350 g/mol. The minimum atomic E-state index is 0. The first kappa shape index (κ1) is 21.3. The van der Waals surface area contributed by atoms with Gasteiger partial charge in [-0.1, -0.05) is 60.3 Å². The lowest BCUT2D eigenvalue weighted by atomic mass is 9.54. The van der Waals surface area contributed by atoms with Crippen LogP contribution >= 0.6 is 0 Å². The Morgan fingerprint density at radius 3 is 2.44 bits per heavy atom. The lowest BCUT2D eigenvalue weighted by Crippen LogP contribution is -2.44. The molecule has 0 aromatic heterocycles. The van der Waals surface area contributed by atoms with Crippen LogP contribution in [0.15, 0.2) is 0 Å². The smallest absolute Gasteiger partial charge is 0.00389 e. The van der Waals surface area contributed by atoms with Gasteiger partial charge in [0.25, 0.3) is 0 Å². The Labute approximate surface area is 158 Å². The Bertz CT molecular complexity index is 392. The zero-order valence-corrected chi connectivity index (χ0v) is 16.7. The van der Waals surface area contributed by atoms with Gasteiger partial charge in [0.05, 0.1) is 0 Å². The van der Waals surface area contributed by atoms with Crippen LogP contribution in [0.25, 0.3) is 0 Å². The molecule has 0 spiro atoms. The van der Waals surface area contributed by atoms with Crippen LogP contribution in [-0.4, -0.2) is 6.04 Å². The maximum absolute atomic E-state index is 6.44. The third-order valence-corrected chi connectivity index (χ3v) is 8.68. The fourth-order valence-corrected chi connectivity index (χ4v) is 7.11. The van der Waals surface area contributed by atoms with Crippen LogP contribution in [0, 0.1) is 35.0 Å². The molecule has 0 bridgehead atoms. The molecule has 7 atom stereocenters. The van der Waals surface area contributed by atoms with Crippen molar-refractivity contribution in [1.82, 2.24) is 0 Å². The van der Waals surface area contributed by atoms with E-state index in [9.17, 15) is 0 Å². The molecule has 3 rings (SSSR count). The summed E-state index contributed by atoms with van der Waals surface area (Å²) in [4.78, 5) is 0. The molecular formula is C24H47N. The zero-order valence-electron chi connectivity index (χ0n) is 16.7. The van der Waals surface area contributed by atoms with Crippen LogP contribution < -0.4 is 5.73 Å². The van der Waals surface area contributed by atoms with Crippen LogP contribution in [0.3, 0.4) is 0 Å². The van der Waals surface area contributed by atoms with Gasteiger partial charge in [-0.25, -0.2) is 0 Å². The summed E-state index contributed by atoms with van der Waals surface area (Å²) in [6.45, 7) is 7.62. The van der Waals surface area contributed by atoms with Crippen LogP contribution in [0.1, 0.15) is 112 Å². The highest BCUT2D eigenvalue weighted by atomic mass is 14.6. The predicted molar refractivity (Wildman–Crippen MR) is 112 cm³/mol. The average Bonchev–Trinajstić information content (AvgIpc) is 2.90. The highest BCUT2D eigenvalue weighted by Crippen LogP contribution is 2.62. The second-order valence-corrected chi connectivity index (χ2v) is 9.99. The monoisotopic (exact) mass is 349 g/mol. The van der Waals surface area contributed by atoms with Crippen molar-refractivity contribution in [3.05, 3.63) is 0 Å². The molecule has 1 nitrogen and oxygen atoms in total. The Hall–Kier alpha value is -0.0400. The number of fused-ring (bicyclic) bond motifs is 3. The Balaban J connectivity index is 0.00000225. The molecule has 148 valence electrons. The molecule has 3 aliphatic carbocycles. The van der Waals surface area contributed by atoms with Crippen molar-refractivity contribution in [2.75, 3.05) is 0 Å². The first-order valence-corrected chi connectivity index (χ1v) is 11.3. The molecule has 25 heavy (non-hydrogen) atoms. The Kier molecular flexibility index (Phi) is 7.86. The first-order chi connectivity index (χ1) is 11.6. The van der Waals surface area contributed by atoms with E-state index in [1.54, 1.807) is 0 Å². The summed E-state index contributed by atoms with van der Waals surface area (Å²) in [6, 6.07) is 0.476. The maximum atomic E-state index is 6.44. The molecule has 0 amide bonds. The highest BCUT2D eigenvalue weighted by molar-refractivity contribution is 5.03. The maximum Gasteiger partial charge on any atom is 0.00389 e. The van der Waals surface area contributed by atoms with E-state index in [0.717, 1.165) is 29.6 Å². The minimum Gasteiger partial charge on any atom is -0.328 e. The third kappa shape index (κ3) is 4.45. The topological polar surface area (TPSA) is 26.0 Å². The lowest BCUT2D eigenvalue weighted by molar-refractivity contribution is -0.0172. The quantitative estimate of drug-likeness (QED) is 0.573. The van der Waals surface area contributed by atoms with Crippen molar-refractivity contribution in [2.45, 2.75) is 118 Å². The van der Waals surface area contributed by atoms with Crippen molar-refractivity contribution in [2.24, 2.45) is 40.7 Å². The van der Waals surface area contributed by atoms with E-state index in [4.69, 9.17) is 5.73 Å². The molecule has 0 aromatic carbocycles. The van der Waals surface area contributed by atoms with Crippen LogP contribution in [0.2, 0.25) is 0 Å². The molecule has 3 fully saturated rings. The normalized spacial score (nSPS) is 45.1. The summed E-state index contributed by atoms with van der Waals surface area (Å²) in [5, 5.41) is 0. The van der Waals surface area contributed by atoms with E-state index in [1.165, 1.54) is 83.5 Å². The van der Waals surface area contributed by atoms with Gasteiger partial charge in [0.1, 0.15) is 0 Å². The van der Waals surface area contributed by atoms with E-state index in [1.807, 2.05) is 0 Å². The molecule has 0 heterocycles. The zero-order chi connectivity index (χ0) is 17.2. The molecule has 0 saturated heterocycles. The SMILES string of the molecule is C.CCCCC1CCC2C3CCC(N)CCCCC(C)C3CCC12C. The Morgan fingerprint density at radius 2 is 1.68 bits per heavy atom. The molecule has 3 aliphatic rings. The number of rotatable bonds is 3. The fourth-order valence-electron chi connectivity index (χ4n) is 7.11. The van der Waals surface area contributed by atoms with E-state index in [-0.39, 0.29) is 7.43 Å². The van der Waals surface area contributed by atoms with Crippen LogP contribution in [0.4, 0.5) is 0 Å². The van der Waals surface area contributed by atoms with Gasteiger partial charge in [-0.15, -0.1) is 0 Å². The van der Waals surface area contributed by atoms with Crippen LogP contribution in [-0.2, 0) is 0 Å². The number of hydrogen-bond donors (Lipinski definition) is 1. The van der Waals surface area contributed by atoms with Crippen molar-refractivity contribution < 1.29 is 0 Å². The van der Waals surface area contributed by atoms with Gasteiger partial charge in [-0.3, -0.25) is 0 Å². The molecule has 0 radical (unpaired) electrons. The number of hydrogen-bond acceptors (Lipinski definition) is 1. The summed E-state index contributed by atoms with van der Waals surface area (Å²) < 4.78 is 0. The largest absolute Gasteiger partial charge is 0.328 e. The summed E-state index contributed by atoms with van der Waals surface area (Å²) in [5.74, 6) is 4.95. The number of nitrogens with two attached hydrogens (primary N) is 1. The number of unbranched alkanes of at least 4 members (excludes halogenated alkanes) is 1. The van der Waals surface area contributed by atoms with Gasteiger partial charge in [0.2, 0.25) is 0 Å². The summed E-state index contributed by atoms with van der Waals surface area (Å²) in [6.07, 6.45) is 18.6. The van der Waals surface area contributed by atoms with Gasteiger partial charge in [0.15, 0.2) is 0 Å². The molecule has 0 aliphatic heterocycles. The second kappa shape index (κ2) is 9.25. The van der Waals surface area contributed by atoms with E-state index in [0.29, 0.717) is 11.5 Å². The summed E-state index contributed by atoms with van der Waals surface area (Å²) in [5.41, 5.74) is 7.10.